The standard InChI is InChI=1S/C13H14N4O/c18-12-7-11(8-15-10-1-2-10)16-13(17-12)9-3-5-14-6-4-9/h3-7,10,15H,1-2,8H2,(H,16,17,18). The SMILES string of the molecule is O=c1cc(CNC2CC2)nc(-c2ccncc2)[nH]1. The number of aromatic amines is 1. The minimum Gasteiger partial charge on any atom is -0.308 e. The van der Waals surface area contributed by atoms with Crippen molar-refractivity contribution in [2.24, 2.45) is 0 Å². The number of rotatable bonds is 4. The molecule has 0 radical (unpaired) electrons. The Labute approximate surface area is 104 Å². The van der Waals surface area contributed by atoms with Gasteiger partial charge in [-0.05, 0) is 25.0 Å². The van der Waals surface area contributed by atoms with Crippen molar-refractivity contribution in [1.29, 1.82) is 0 Å². The molecular weight excluding hydrogens is 228 g/mol. The van der Waals surface area contributed by atoms with Crippen molar-refractivity contribution in [2.45, 2.75) is 25.4 Å². The Morgan fingerprint density at radius 1 is 1.33 bits per heavy atom. The van der Waals surface area contributed by atoms with E-state index in [4.69, 9.17) is 0 Å². The van der Waals surface area contributed by atoms with Crippen LogP contribution in [0.4, 0.5) is 0 Å². The summed E-state index contributed by atoms with van der Waals surface area (Å²) in [5, 5.41) is 3.35. The maximum absolute atomic E-state index is 11.6. The van der Waals surface area contributed by atoms with Crippen LogP contribution in [-0.4, -0.2) is 21.0 Å². The van der Waals surface area contributed by atoms with Gasteiger partial charge in [0.2, 0.25) is 0 Å². The van der Waals surface area contributed by atoms with Gasteiger partial charge < -0.3 is 10.3 Å². The molecule has 5 heteroatoms. The molecule has 92 valence electrons. The number of aromatic nitrogens is 3. The van der Waals surface area contributed by atoms with Gasteiger partial charge in [0, 0.05) is 36.6 Å². The fraction of sp³-hybridized carbons (Fsp3) is 0.308. The summed E-state index contributed by atoms with van der Waals surface area (Å²) < 4.78 is 0. The average Bonchev–Trinajstić information content (AvgIpc) is 3.21. The fourth-order valence-electron chi connectivity index (χ4n) is 1.78. The zero-order chi connectivity index (χ0) is 12.4. The van der Waals surface area contributed by atoms with Crippen molar-refractivity contribution in [1.82, 2.24) is 20.3 Å². The van der Waals surface area contributed by atoms with Gasteiger partial charge in [0.25, 0.3) is 5.56 Å². The summed E-state index contributed by atoms with van der Waals surface area (Å²) in [6.07, 6.45) is 5.82. The molecule has 18 heavy (non-hydrogen) atoms. The minimum atomic E-state index is -0.121. The topological polar surface area (TPSA) is 70.7 Å². The normalized spacial score (nSPS) is 14.7. The van der Waals surface area contributed by atoms with E-state index in [1.165, 1.54) is 12.8 Å². The zero-order valence-electron chi connectivity index (χ0n) is 9.89. The van der Waals surface area contributed by atoms with Crippen LogP contribution in [0, 0.1) is 0 Å². The predicted molar refractivity (Wildman–Crippen MR) is 68.0 cm³/mol. The molecule has 5 nitrogen and oxygen atoms in total. The lowest BCUT2D eigenvalue weighted by Gasteiger charge is -2.05. The van der Waals surface area contributed by atoms with E-state index in [1.54, 1.807) is 18.5 Å². The van der Waals surface area contributed by atoms with Crippen molar-refractivity contribution in [2.75, 3.05) is 0 Å². The molecule has 2 N–H and O–H groups in total. The van der Waals surface area contributed by atoms with Gasteiger partial charge in [-0.25, -0.2) is 4.98 Å². The van der Waals surface area contributed by atoms with E-state index in [2.05, 4.69) is 20.3 Å². The van der Waals surface area contributed by atoms with Gasteiger partial charge in [-0.1, -0.05) is 0 Å². The molecule has 0 aromatic carbocycles. The second-order valence-corrected chi connectivity index (χ2v) is 4.48. The second kappa shape index (κ2) is 4.70. The Hall–Kier alpha value is -2.01. The second-order valence-electron chi connectivity index (χ2n) is 4.48. The van der Waals surface area contributed by atoms with Crippen LogP contribution in [0.3, 0.4) is 0 Å². The molecule has 0 atom stereocenters. The first-order chi connectivity index (χ1) is 8.81. The Kier molecular flexibility index (Phi) is 2.90. The van der Waals surface area contributed by atoms with Crippen molar-refractivity contribution in [3.63, 3.8) is 0 Å². The molecular formula is C13H14N4O. The molecule has 2 aromatic heterocycles. The third kappa shape index (κ3) is 2.62. The number of pyridine rings is 1. The van der Waals surface area contributed by atoms with Crippen LogP contribution in [0.2, 0.25) is 0 Å². The van der Waals surface area contributed by atoms with Crippen LogP contribution in [0.25, 0.3) is 11.4 Å². The van der Waals surface area contributed by atoms with Gasteiger partial charge in [0.1, 0.15) is 5.82 Å². The summed E-state index contributed by atoms with van der Waals surface area (Å²) >= 11 is 0. The number of hydrogen-bond acceptors (Lipinski definition) is 4. The fourth-order valence-corrected chi connectivity index (χ4v) is 1.78. The molecule has 1 saturated carbocycles. The highest BCUT2D eigenvalue weighted by atomic mass is 16.1. The Bertz CT molecular complexity index is 589. The van der Waals surface area contributed by atoms with Crippen molar-refractivity contribution >= 4 is 0 Å². The molecule has 1 aliphatic rings. The lowest BCUT2D eigenvalue weighted by atomic mass is 10.2. The van der Waals surface area contributed by atoms with E-state index in [9.17, 15) is 4.79 Å². The quantitative estimate of drug-likeness (QED) is 0.841. The monoisotopic (exact) mass is 242 g/mol. The molecule has 1 aliphatic carbocycles. The largest absolute Gasteiger partial charge is 0.308 e. The molecule has 0 bridgehead atoms. The highest BCUT2D eigenvalue weighted by molar-refractivity contribution is 5.53. The van der Waals surface area contributed by atoms with Crippen LogP contribution in [-0.2, 0) is 6.54 Å². The third-order valence-corrected chi connectivity index (χ3v) is 2.90. The van der Waals surface area contributed by atoms with Gasteiger partial charge in [0.15, 0.2) is 0 Å². The maximum atomic E-state index is 11.6. The van der Waals surface area contributed by atoms with Gasteiger partial charge in [-0.15, -0.1) is 0 Å². The molecule has 2 heterocycles. The predicted octanol–water partition coefficient (Wildman–Crippen LogP) is 1.08. The Morgan fingerprint density at radius 2 is 2.11 bits per heavy atom. The maximum Gasteiger partial charge on any atom is 0.251 e. The Balaban J connectivity index is 1.87. The number of H-pyrrole nitrogens is 1. The van der Waals surface area contributed by atoms with Crippen LogP contribution >= 0.6 is 0 Å². The average molecular weight is 242 g/mol. The summed E-state index contributed by atoms with van der Waals surface area (Å²) in [5.41, 5.74) is 1.53. The first-order valence-electron chi connectivity index (χ1n) is 6.05. The lowest BCUT2D eigenvalue weighted by molar-refractivity contribution is 0.672. The first-order valence-corrected chi connectivity index (χ1v) is 6.05. The van der Waals surface area contributed by atoms with Gasteiger partial charge >= 0.3 is 0 Å². The molecule has 0 spiro atoms. The zero-order valence-corrected chi connectivity index (χ0v) is 9.89. The van der Waals surface area contributed by atoms with Gasteiger partial charge in [-0.2, -0.15) is 0 Å². The highest BCUT2D eigenvalue weighted by Gasteiger charge is 2.20. The molecule has 2 aromatic rings. The van der Waals surface area contributed by atoms with E-state index in [0.717, 1.165) is 11.3 Å². The number of nitrogens with zero attached hydrogens (tertiary/aromatic N) is 2. The first kappa shape index (κ1) is 11.1. The molecule has 0 saturated heterocycles. The summed E-state index contributed by atoms with van der Waals surface area (Å²) in [7, 11) is 0. The van der Waals surface area contributed by atoms with Crippen LogP contribution in [0.1, 0.15) is 18.5 Å². The van der Waals surface area contributed by atoms with Gasteiger partial charge in [0.05, 0.1) is 5.69 Å². The summed E-state index contributed by atoms with van der Waals surface area (Å²) in [5.74, 6) is 0.595. The van der Waals surface area contributed by atoms with E-state index >= 15 is 0 Å². The molecule has 0 amide bonds. The van der Waals surface area contributed by atoms with E-state index in [-0.39, 0.29) is 5.56 Å². The Morgan fingerprint density at radius 3 is 2.83 bits per heavy atom. The van der Waals surface area contributed by atoms with E-state index in [1.807, 2.05) is 12.1 Å². The van der Waals surface area contributed by atoms with Crippen molar-refractivity contribution in [3.8, 4) is 11.4 Å². The summed E-state index contributed by atoms with van der Waals surface area (Å²) in [4.78, 5) is 22.8. The number of hydrogen-bond donors (Lipinski definition) is 2. The lowest BCUT2D eigenvalue weighted by Crippen LogP contribution is -2.19. The highest BCUT2D eigenvalue weighted by Crippen LogP contribution is 2.19. The van der Waals surface area contributed by atoms with Crippen LogP contribution < -0.4 is 10.9 Å². The molecule has 3 rings (SSSR count). The summed E-state index contributed by atoms with van der Waals surface area (Å²) in [6.45, 7) is 0.646. The van der Waals surface area contributed by atoms with Crippen LogP contribution in [0.5, 0.6) is 0 Å². The van der Waals surface area contributed by atoms with E-state index < -0.39 is 0 Å². The minimum absolute atomic E-state index is 0.121. The summed E-state index contributed by atoms with van der Waals surface area (Å²) in [6, 6.07) is 5.81. The molecule has 1 fully saturated rings. The van der Waals surface area contributed by atoms with Crippen molar-refractivity contribution in [3.05, 3.63) is 46.6 Å². The third-order valence-electron chi connectivity index (χ3n) is 2.90. The van der Waals surface area contributed by atoms with E-state index in [0.29, 0.717) is 18.4 Å². The molecule has 0 unspecified atom stereocenters. The molecule has 0 aliphatic heterocycles. The number of nitrogens with one attached hydrogen (secondary N) is 2. The van der Waals surface area contributed by atoms with Crippen LogP contribution in [0.15, 0.2) is 35.4 Å². The van der Waals surface area contributed by atoms with Crippen molar-refractivity contribution < 1.29 is 0 Å². The smallest absolute Gasteiger partial charge is 0.251 e. The van der Waals surface area contributed by atoms with Gasteiger partial charge in [-0.3, -0.25) is 9.78 Å².